The molecule has 2 aromatic rings. The summed E-state index contributed by atoms with van der Waals surface area (Å²) in [5.74, 6) is 7.90. The Hall–Kier alpha value is -2.14. The lowest BCUT2D eigenvalue weighted by atomic mass is 9.91. The van der Waals surface area contributed by atoms with Crippen molar-refractivity contribution in [1.29, 1.82) is 0 Å². The number of nitrogens with two attached hydrogens (primary N) is 1. The SMILES string of the molecule is CC(C)(C)c1cc(NN)nc(C2COc3ccccc32)n1. The standard InChI is InChI=1S/C16H20N4O/c1-16(2,3)13-8-14(20-17)19-15(18-13)11-9-21-12-7-5-4-6-10(11)12/h4-8,11H,9,17H2,1-3H3,(H,18,19,20). The summed E-state index contributed by atoms with van der Waals surface area (Å²) in [6, 6.07) is 9.92. The number of nitrogen functional groups attached to an aromatic ring is 1. The number of aromatic nitrogens is 2. The van der Waals surface area contributed by atoms with Crippen molar-refractivity contribution in [3.8, 4) is 5.75 Å². The van der Waals surface area contributed by atoms with E-state index in [1.54, 1.807) is 0 Å². The highest BCUT2D eigenvalue weighted by atomic mass is 16.5. The van der Waals surface area contributed by atoms with Gasteiger partial charge in [0.1, 0.15) is 24.0 Å². The van der Waals surface area contributed by atoms with Crippen LogP contribution in [0.5, 0.6) is 5.75 Å². The lowest BCUT2D eigenvalue weighted by molar-refractivity contribution is 0.339. The van der Waals surface area contributed by atoms with E-state index in [0.29, 0.717) is 12.4 Å². The number of fused-ring (bicyclic) bond motifs is 1. The Morgan fingerprint density at radius 3 is 2.71 bits per heavy atom. The number of nitrogens with zero attached hydrogens (tertiary/aromatic N) is 2. The second-order valence-corrected chi connectivity index (χ2v) is 6.29. The summed E-state index contributed by atoms with van der Waals surface area (Å²) in [6.45, 7) is 6.94. The van der Waals surface area contributed by atoms with E-state index < -0.39 is 0 Å². The highest BCUT2D eigenvalue weighted by molar-refractivity contribution is 5.45. The molecule has 0 saturated carbocycles. The molecule has 0 fully saturated rings. The average Bonchev–Trinajstić information content (AvgIpc) is 2.89. The third-order valence-electron chi connectivity index (χ3n) is 3.67. The van der Waals surface area contributed by atoms with Crippen LogP contribution in [0.1, 0.15) is 43.8 Å². The number of ether oxygens (including phenoxy) is 1. The minimum atomic E-state index is -0.0672. The zero-order chi connectivity index (χ0) is 15.0. The van der Waals surface area contributed by atoms with Crippen LogP contribution in [0.4, 0.5) is 5.82 Å². The molecule has 5 heteroatoms. The van der Waals surface area contributed by atoms with E-state index in [1.165, 1.54) is 0 Å². The Balaban J connectivity index is 2.07. The molecule has 1 aliphatic heterocycles. The largest absolute Gasteiger partial charge is 0.492 e. The summed E-state index contributed by atoms with van der Waals surface area (Å²) in [5.41, 5.74) is 4.66. The summed E-state index contributed by atoms with van der Waals surface area (Å²) in [7, 11) is 0. The van der Waals surface area contributed by atoms with Crippen molar-refractivity contribution >= 4 is 5.82 Å². The molecule has 2 heterocycles. The fourth-order valence-electron chi connectivity index (χ4n) is 2.46. The summed E-state index contributed by atoms with van der Waals surface area (Å²) < 4.78 is 5.73. The van der Waals surface area contributed by atoms with Crippen LogP contribution in [0.3, 0.4) is 0 Å². The van der Waals surface area contributed by atoms with Gasteiger partial charge in [0.2, 0.25) is 0 Å². The molecule has 0 aliphatic carbocycles. The third kappa shape index (κ3) is 2.56. The van der Waals surface area contributed by atoms with Crippen LogP contribution < -0.4 is 16.0 Å². The zero-order valence-corrected chi connectivity index (χ0v) is 12.6. The molecule has 1 aromatic heterocycles. The van der Waals surface area contributed by atoms with Gasteiger partial charge in [-0.05, 0) is 6.07 Å². The van der Waals surface area contributed by atoms with Gasteiger partial charge < -0.3 is 10.2 Å². The van der Waals surface area contributed by atoms with E-state index >= 15 is 0 Å². The maximum absolute atomic E-state index is 5.73. The third-order valence-corrected chi connectivity index (χ3v) is 3.67. The van der Waals surface area contributed by atoms with E-state index in [0.717, 1.165) is 22.8 Å². The molecule has 0 spiro atoms. The molecule has 3 N–H and O–H groups in total. The van der Waals surface area contributed by atoms with Crippen LogP contribution in [0.25, 0.3) is 0 Å². The molecule has 21 heavy (non-hydrogen) atoms. The topological polar surface area (TPSA) is 73.1 Å². The first kappa shape index (κ1) is 13.8. The number of anilines is 1. The van der Waals surface area contributed by atoms with Gasteiger partial charge in [-0.1, -0.05) is 39.0 Å². The van der Waals surface area contributed by atoms with E-state index in [4.69, 9.17) is 15.6 Å². The molecular formula is C16H20N4O. The number of benzene rings is 1. The second-order valence-electron chi connectivity index (χ2n) is 6.29. The predicted molar refractivity (Wildman–Crippen MR) is 82.3 cm³/mol. The average molecular weight is 284 g/mol. The summed E-state index contributed by atoms with van der Waals surface area (Å²) in [4.78, 5) is 9.27. The van der Waals surface area contributed by atoms with Gasteiger partial charge in [0.05, 0.1) is 11.6 Å². The Morgan fingerprint density at radius 2 is 2.00 bits per heavy atom. The number of rotatable bonds is 2. The Bertz CT molecular complexity index is 664. The van der Waals surface area contributed by atoms with Gasteiger partial charge in [0, 0.05) is 17.0 Å². The van der Waals surface area contributed by atoms with Crippen LogP contribution in [0.15, 0.2) is 30.3 Å². The number of para-hydroxylation sites is 1. The molecule has 1 aliphatic rings. The maximum atomic E-state index is 5.73. The van der Waals surface area contributed by atoms with Crippen molar-refractivity contribution in [3.63, 3.8) is 0 Å². The normalized spacial score (nSPS) is 17.2. The fourth-order valence-corrected chi connectivity index (χ4v) is 2.46. The van der Waals surface area contributed by atoms with Crippen molar-refractivity contribution in [3.05, 3.63) is 47.4 Å². The van der Waals surface area contributed by atoms with Crippen molar-refractivity contribution in [2.24, 2.45) is 5.84 Å². The molecule has 0 radical (unpaired) electrons. The van der Waals surface area contributed by atoms with Crippen molar-refractivity contribution < 1.29 is 4.74 Å². The van der Waals surface area contributed by atoms with E-state index in [9.17, 15) is 0 Å². The molecule has 1 unspecified atom stereocenters. The Labute approximate surface area is 124 Å². The van der Waals surface area contributed by atoms with Crippen LogP contribution in [-0.2, 0) is 5.41 Å². The van der Waals surface area contributed by atoms with Gasteiger partial charge in [0.25, 0.3) is 0 Å². The monoisotopic (exact) mass is 284 g/mol. The first-order chi connectivity index (χ1) is 9.99. The van der Waals surface area contributed by atoms with Crippen LogP contribution >= 0.6 is 0 Å². The van der Waals surface area contributed by atoms with Crippen LogP contribution in [-0.4, -0.2) is 16.6 Å². The highest BCUT2D eigenvalue weighted by Gasteiger charge is 2.29. The summed E-state index contributed by atoms with van der Waals surface area (Å²) >= 11 is 0. The molecule has 0 bridgehead atoms. The number of hydrazine groups is 1. The first-order valence-electron chi connectivity index (χ1n) is 7.07. The van der Waals surface area contributed by atoms with E-state index in [2.05, 4.69) is 37.2 Å². The lowest BCUT2D eigenvalue weighted by Crippen LogP contribution is -2.20. The van der Waals surface area contributed by atoms with Gasteiger partial charge in [0.15, 0.2) is 0 Å². The van der Waals surface area contributed by atoms with Crippen molar-refractivity contribution in [2.75, 3.05) is 12.0 Å². The molecule has 0 saturated heterocycles. The van der Waals surface area contributed by atoms with Gasteiger partial charge in [-0.25, -0.2) is 15.8 Å². The molecular weight excluding hydrogens is 264 g/mol. The van der Waals surface area contributed by atoms with E-state index in [1.807, 2.05) is 24.3 Å². The summed E-state index contributed by atoms with van der Waals surface area (Å²) in [6.07, 6.45) is 0. The number of hydrogen-bond acceptors (Lipinski definition) is 5. The van der Waals surface area contributed by atoms with Crippen molar-refractivity contribution in [1.82, 2.24) is 9.97 Å². The molecule has 1 atom stereocenters. The van der Waals surface area contributed by atoms with Crippen LogP contribution in [0, 0.1) is 0 Å². The minimum absolute atomic E-state index is 0.0515. The molecule has 110 valence electrons. The molecule has 3 rings (SSSR count). The zero-order valence-electron chi connectivity index (χ0n) is 12.6. The second kappa shape index (κ2) is 5.00. The van der Waals surface area contributed by atoms with Gasteiger partial charge in [-0.3, -0.25) is 0 Å². The minimum Gasteiger partial charge on any atom is -0.492 e. The Kier molecular flexibility index (Phi) is 3.29. The van der Waals surface area contributed by atoms with Crippen LogP contribution in [0.2, 0.25) is 0 Å². The Morgan fingerprint density at radius 1 is 1.24 bits per heavy atom. The van der Waals surface area contributed by atoms with Gasteiger partial charge >= 0.3 is 0 Å². The maximum Gasteiger partial charge on any atom is 0.143 e. The van der Waals surface area contributed by atoms with Gasteiger partial charge in [-0.2, -0.15) is 0 Å². The first-order valence-corrected chi connectivity index (χ1v) is 7.07. The molecule has 5 nitrogen and oxygen atoms in total. The highest BCUT2D eigenvalue weighted by Crippen LogP contribution is 2.37. The summed E-state index contributed by atoms with van der Waals surface area (Å²) in [5, 5.41) is 0. The number of hydrogen-bond donors (Lipinski definition) is 2. The fraction of sp³-hybridized carbons (Fsp3) is 0.375. The quantitative estimate of drug-likeness (QED) is 0.655. The number of nitrogens with one attached hydrogen (secondary N) is 1. The van der Waals surface area contributed by atoms with E-state index in [-0.39, 0.29) is 11.3 Å². The van der Waals surface area contributed by atoms with Gasteiger partial charge in [-0.15, -0.1) is 0 Å². The molecule has 1 aromatic carbocycles. The smallest absolute Gasteiger partial charge is 0.143 e. The molecule has 0 amide bonds. The van der Waals surface area contributed by atoms with Crippen molar-refractivity contribution in [2.45, 2.75) is 32.1 Å². The lowest BCUT2D eigenvalue weighted by Gasteiger charge is -2.20. The predicted octanol–water partition coefficient (Wildman–Crippen LogP) is 2.58.